The largest absolute Gasteiger partial charge is 0.348 e. The molecule has 0 aliphatic heterocycles. The highest BCUT2D eigenvalue weighted by Gasteiger charge is 2.05. The van der Waals surface area contributed by atoms with Gasteiger partial charge in [0.2, 0.25) is 0 Å². The van der Waals surface area contributed by atoms with Crippen LogP contribution in [0.2, 0.25) is 5.15 Å². The van der Waals surface area contributed by atoms with Crippen LogP contribution in [0.3, 0.4) is 0 Å². The SMILES string of the molecule is O=C(NCc1cccnc1)c1ccc(Cl)nc1. The molecule has 86 valence electrons. The van der Waals surface area contributed by atoms with Gasteiger partial charge in [-0.05, 0) is 23.8 Å². The Morgan fingerprint density at radius 2 is 2.18 bits per heavy atom. The topological polar surface area (TPSA) is 54.9 Å². The van der Waals surface area contributed by atoms with Gasteiger partial charge < -0.3 is 5.32 Å². The molecule has 2 rings (SSSR count). The molecule has 0 aliphatic carbocycles. The van der Waals surface area contributed by atoms with E-state index in [0.29, 0.717) is 17.3 Å². The van der Waals surface area contributed by atoms with Crippen molar-refractivity contribution < 1.29 is 4.79 Å². The first-order chi connectivity index (χ1) is 8.25. The smallest absolute Gasteiger partial charge is 0.253 e. The van der Waals surface area contributed by atoms with Crippen LogP contribution in [0.4, 0.5) is 0 Å². The summed E-state index contributed by atoms with van der Waals surface area (Å²) in [7, 11) is 0. The molecular weight excluding hydrogens is 238 g/mol. The van der Waals surface area contributed by atoms with E-state index < -0.39 is 0 Å². The Balaban J connectivity index is 1.96. The number of carbonyl (C=O) groups excluding carboxylic acids is 1. The van der Waals surface area contributed by atoms with Crippen molar-refractivity contribution in [3.05, 3.63) is 59.1 Å². The number of hydrogen-bond donors (Lipinski definition) is 1. The Morgan fingerprint density at radius 1 is 1.29 bits per heavy atom. The van der Waals surface area contributed by atoms with Gasteiger partial charge in [0.05, 0.1) is 5.56 Å². The Bertz CT molecular complexity index is 499. The molecule has 2 heterocycles. The molecule has 1 amide bonds. The molecule has 2 aromatic heterocycles. The fraction of sp³-hybridized carbons (Fsp3) is 0.0833. The van der Waals surface area contributed by atoms with Gasteiger partial charge in [-0.1, -0.05) is 17.7 Å². The third kappa shape index (κ3) is 3.26. The van der Waals surface area contributed by atoms with Gasteiger partial charge in [-0.25, -0.2) is 4.98 Å². The summed E-state index contributed by atoms with van der Waals surface area (Å²) in [6.07, 6.45) is 4.84. The molecule has 0 saturated heterocycles. The van der Waals surface area contributed by atoms with Crippen molar-refractivity contribution in [2.24, 2.45) is 0 Å². The molecule has 0 fully saturated rings. The lowest BCUT2D eigenvalue weighted by Gasteiger charge is -2.04. The van der Waals surface area contributed by atoms with Crippen molar-refractivity contribution in [2.75, 3.05) is 0 Å². The lowest BCUT2D eigenvalue weighted by atomic mass is 10.2. The van der Waals surface area contributed by atoms with Crippen LogP contribution < -0.4 is 5.32 Å². The first-order valence-electron chi connectivity index (χ1n) is 5.04. The maximum absolute atomic E-state index is 11.7. The fourth-order valence-electron chi connectivity index (χ4n) is 1.30. The molecule has 0 radical (unpaired) electrons. The van der Waals surface area contributed by atoms with E-state index >= 15 is 0 Å². The summed E-state index contributed by atoms with van der Waals surface area (Å²) in [5.74, 6) is -0.182. The van der Waals surface area contributed by atoms with Crippen LogP contribution in [-0.4, -0.2) is 15.9 Å². The molecule has 0 bridgehead atoms. The Kier molecular flexibility index (Phi) is 3.67. The first-order valence-corrected chi connectivity index (χ1v) is 5.42. The van der Waals surface area contributed by atoms with Gasteiger partial charge >= 0.3 is 0 Å². The number of nitrogens with one attached hydrogen (secondary N) is 1. The molecule has 2 aromatic rings. The van der Waals surface area contributed by atoms with Crippen LogP contribution in [-0.2, 0) is 6.54 Å². The molecule has 1 N–H and O–H groups in total. The quantitative estimate of drug-likeness (QED) is 0.845. The van der Waals surface area contributed by atoms with E-state index in [-0.39, 0.29) is 5.91 Å². The molecular formula is C12H10ClN3O. The monoisotopic (exact) mass is 247 g/mol. The van der Waals surface area contributed by atoms with E-state index in [9.17, 15) is 4.79 Å². The van der Waals surface area contributed by atoms with Gasteiger partial charge in [-0.3, -0.25) is 9.78 Å². The number of pyridine rings is 2. The van der Waals surface area contributed by atoms with Gasteiger partial charge in [0, 0.05) is 25.1 Å². The van der Waals surface area contributed by atoms with Crippen LogP contribution in [0.15, 0.2) is 42.9 Å². The second kappa shape index (κ2) is 5.41. The normalized spacial score (nSPS) is 9.94. The van der Waals surface area contributed by atoms with Gasteiger partial charge in [-0.15, -0.1) is 0 Å². The van der Waals surface area contributed by atoms with E-state index in [1.165, 1.54) is 6.20 Å². The summed E-state index contributed by atoms with van der Waals surface area (Å²) in [6, 6.07) is 6.94. The predicted molar refractivity (Wildman–Crippen MR) is 64.7 cm³/mol. The average molecular weight is 248 g/mol. The summed E-state index contributed by atoms with van der Waals surface area (Å²) in [5, 5.41) is 3.14. The number of nitrogens with zero attached hydrogens (tertiary/aromatic N) is 2. The van der Waals surface area contributed by atoms with Crippen LogP contribution in [0, 0.1) is 0 Å². The molecule has 0 aliphatic rings. The zero-order valence-electron chi connectivity index (χ0n) is 8.93. The lowest BCUT2D eigenvalue weighted by molar-refractivity contribution is 0.0950. The van der Waals surface area contributed by atoms with Gasteiger partial charge in [0.1, 0.15) is 5.15 Å². The van der Waals surface area contributed by atoms with Gasteiger partial charge in [-0.2, -0.15) is 0 Å². The molecule has 0 unspecified atom stereocenters. The van der Waals surface area contributed by atoms with Crippen LogP contribution >= 0.6 is 11.6 Å². The molecule has 0 saturated carbocycles. The minimum absolute atomic E-state index is 0.182. The van der Waals surface area contributed by atoms with Crippen molar-refractivity contribution >= 4 is 17.5 Å². The van der Waals surface area contributed by atoms with Crippen LogP contribution in [0.25, 0.3) is 0 Å². The summed E-state index contributed by atoms with van der Waals surface area (Å²) in [5.41, 5.74) is 1.43. The maximum Gasteiger partial charge on any atom is 0.253 e. The van der Waals surface area contributed by atoms with Crippen molar-refractivity contribution in [2.45, 2.75) is 6.54 Å². The number of hydrogen-bond acceptors (Lipinski definition) is 3. The fourth-order valence-corrected chi connectivity index (χ4v) is 1.41. The minimum Gasteiger partial charge on any atom is -0.348 e. The molecule has 4 nitrogen and oxygen atoms in total. The first kappa shape index (κ1) is 11.5. The van der Waals surface area contributed by atoms with E-state index in [0.717, 1.165) is 5.56 Å². The number of aromatic nitrogens is 2. The lowest BCUT2D eigenvalue weighted by Crippen LogP contribution is -2.22. The number of carbonyl (C=O) groups is 1. The predicted octanol–water partition coefficient (Wildman–Crippen LogP) is 2.06. The van der Waals surface area contributed by atoms with Crippen LogP contribution in [0.1, 0.15) is 15.9 Å². The highest BCUT2D eigenvalue weighted by atomic mass is 35.5. The molecule has 17 heavy (non-hydrogen) atoms. The van der Waals surface area contributed by atoms with Crippen molar-refractivity contribution in [3.8, 4) is 0 Å². The Labute approximate surface area is 104 Å². The molecule has 0 spiro atoms. The van der Waals surface area contributed by atoms with E-state index in [4.69, 9.17) is 11.6 Å². The third-order valence-corrected chi connectivity index (χ3v) is 2.39. The second-order valence-electron chi connectivity index (χ2n) is 3.41. The Morgan fingerprint density at radius 3 is 2.82 bits per heavy atom. The third-order valence-electron chi connectivity index (χ3n) is 2.17. The van der Waals surface area contributed by atoms with Crippen LogP contribution in [0.5, 0.6) is 0 Å². The highest BCUT2D eigenvalue weighted by Crippen LogP contribution is 2.05. The summed E-state index contributed by atoms with van der Waals surface area (Å²) >= 11 is 5.64. The number of halogens is 1. The second-order valence-corrected chi connectivity index (χ2v) is 3.80. The summed E-state index contributed by atoms with van der Waals surface area (Å²) in [4.78, 5) is 19.5. The van der Waals surface area contributed by atoms with E-state index in [2.05, 4.69) is 15.3 Å². The molecule has 0 atom stereocenters. The zero-order valence-corrected chi connectivity index (χ0v) is 9.69. The highest BCUT2D eigenvalue weighted by molar-refractivity contribution is 6.29. The average Bonchev–Trinajstić information content (AvgIpc) is 2.38. The molecule has 5 heteroatoms. The maximum atomic E-state index is 11.7. The van der Waals surface area contributed by atoms with Crippen molar-refractivity contribution in [1.29, 1.82) is 0 Å². The van der Waals surface area contributed by atoms with Gasteiger partial charge in [0.15, 0.2) is 0 Å². The minimum atomic E-state index is -0.182. The van der Waals surface area contributed by atoms with E-state index in [1.807, 2.05) is 12.1 Å². The van der Waals surface area contributed by atoms with Gasteiger partial charge in [0.25, 0.3) is 5.91 Å². The summed E-state index contributed by atoms with van der Waals surface area (Å²) in [6.45, 7) is 0.440. The summed E-state index contributed by atoms with van der Waals surface area (Å²) < 4.78 is 0. The number of rotatable bonds is 3. The zero-order chi connectivity index (χ0) is 12.1. The Hall–Kier alpha value is -1.94. The standard InChI is InChI=1S/C12H10ClN3O/c13-11-4-3-10(8-15-11)12(17)16-7-9-2-1-5-14-6-9/h1-6,8H,7H2,(H,16,17). The van der Waals surface area contributed by atoms with Crippen molar-refractivity contribution in [1.82, 2.24) is 15.3 Å². The number of amides is 1. The molecule has 0 aromatic carbocycles. The van der Waals surface area contributed by atoms with E-state index in [1.54, 1.807) is 24.5 Å². The van der Waals surface area contributed by atoms with Crippen molar-refractivity contribution in [3.63, 3.8) is 0 Å².